The van der Waals surface area contributed by atoms with E-state index >= 15 is 0 Å². The van der Waals surface area contributed by atoms with Crippen molar-refractivity contribution in [2.75, 3.05) is 12.8 Å². The van der Waals surface area contributed by atoms with E-state index in [2.05, 4.69) is 9.72 Å². The van der Waals surface area contributed by atoms with Crippen molar-refractivity contribution in [1.82, 2.24) is 4.98 Å². The van der Waals surface area contributed by atoms with Crippen LogP contribution in [0, 0.1) is 0 Å². The van der Waals surface area contributed by atoms with Gasteiger partial charge in [0.25, 0.3) is 0 Å². The third kappa shape index (κ3) is 2.68. The number of ether oxygens (including phenoxy) is 1. The van der Waals surface area contributed by atoms with Gasteiger partial charge in [-0.1, -0.05) is 13.8 Å². The van der Waals surface area contributed by atoms with Crippen LogP contribution in [-0.4, -0.2) is 18.1 Å². The second-order valence-electron chi connectivity index (χ2n) is 3.34. The zero-order chi connectivity index (χ0) is 13.7. The molecule has 0 unspecified atom stereocenters. The minimum atomic E-state index is -0.573. The first kappa shape index (κ1) is 13.8. The fourth-order valence-electron chi connectivity index (χ4n) is 1.48. The molecule has 0 bridgehead atoms. The standard InChI is InChI=1S/C11H10N2O3.C2H6/c1-16-11(15)9-5-10(14)7-4-6(12)2-3-8(7)13-9;1-2/h2-5H,12H2,1H3,(H,13,14);1-2H3. The Morgan fingerprint density at radius 3 is 2.56 bits per heavy atom. The molecule has 0 aliphatic rings. The molecule has 5 heteroatoms. The number of nitrogen functional groups attached to an aromatic ring is 1. The Morgan fingerprint density at radius 1 is 1.28 bits per heavy atom. The first-order valence-electron chi connectivity index (χ1n) is 5.62. The molecule has 0 atom stereocenters. The summed E-state index contributed by atoms with van der Waals surface area (Å²) in [7, 11) is 1.26. The van der Waals surface area contributed by atoms with E-state index in [1.54, 1.807) is 18.2 Å². The Hall–Kier alpha value is -2.30. The van der Waals surface area contributed by atoms with Crippen molar-refractivity contribution >= 4 is 22.6 Å². The van der Waals surface area contributed by atoms with E-state index in [9.17, 15) is 9.59 Å². The Balaban J connectivity index is 0.000000771. The number of H-pyrrole nitrogens is 1. The highest BCUT2D eigenvalue weighted by Crippen LogP contribution is 2.12. The van der Waals surface area contributed by atoms with Crippen LogP contribution >= 0.6 is 0 Å². The van der Waals surface area contributed by atoms with Crippen molar-refractivity contribution in [1.29, 1.82) is 0 Å². The molecule has 3 N–H and O–H groups in total. The number of rotatable bonds is 1. The first-order chi connectivity index (χ1) is 8.61. The smallest absolute Gasteiger partial charge is 0.354 e. The van der Waals surface area contributed by atoms with E-state index in [4.69, 9.17) is 5.73 Å². The van der Waals surface area contributed by atoms with Gasteiger partial charge in [0.15, 0.2) is 5.43 Å². The lowest BCUT2D eigenvalue weighted by atomic mass is 10.2. The molecule has 0 aliphatic heterocycles. The van der Waals surface area contributed by atoms with E-state index < -0.39 is 5.97 Å². The van der Waals surface area contributed by atoms with Gasteiger partial charge in [0, 0.05) is 17.1 Å². The number of anilines is 1. The number of pyridine rings is 1. The van der Waals surface area contributed by atoms with Gasteiger partial charge in [-0.25, -0.2) is 4.79 Å². The number of carbonyl (C=O) groups excluding carboxylic acids is 1. The van der Waals surface area contributed by atoms with Gasteiger partial charge in [-0.15, -0.1) is 0 Å². The zero-order valence-corrected chi connectivity index (χ0v) is 10.6. The number of fused-ring (bicyclic) bond motifs is 1. The second kappa shape index (κ2) is 5.86. The largest absolute Gasteiger partial charge is 0.464 e. The van der Waals surface area contributed by atoms with E-state index in [-0.39, 0.29) is 11.1 Å². The van der Waals surface area contributed by atoms with Gasteiger partial charge in [-0.2, -0.15) is 0 Å². The van der Waals surface area contributed by atoms with Gasteiger partial charge >= 0.3 is 5.97 Å². The Bertz CT molecular complexity index is 617. The van der Waals surface area contributed by atoms with Crippen molar-refractivity contribution in [3.8, 4) is 0 Å². The monoisotopic (exact) mass is 248 g/mol. The predicted octanol–water partition coefficient (Wildman–Crippen LogP) is 1.92. The average molecular weight is 248 g/mol. The fraction of sp³-hybridized carbons (Fsp3) is 0.231. The molecule has 1 aromatic heterocycles. The summed E-state index contributed by atoms with van der Waals surface area (Å²) in [6.07, 6.45) is 0. The van der Waals surface area contributed by atoms with Gasteiger partial charge in [0.2, 0.25) is 0 Å². The number of hydrogen-bond donors (Lipinski definition) is 2. The summed E-state index contributed by atoms with van der Waals surface area (Å²) in [6.45, 7) is 4.00. The lowest BCUT2D eigenvalue weighted by Gasteiger charge is -2.03. The summed E-state index contributed by atoms with van der Waals surface area (Å²) in [5.74, 6) is -0.573. The van der Waals surface area contributed by atoms with Gasteiger partial charge in [-0.05, 0) is 18.2 Å². The van der Waals surface area contributed by atoms with Crippen LogP contribution in [0.2, 0.25) is 0 Å². The number of carbonyl (C=O) groups is 1. The number of nitrogens with one attached hydrogen (secondary N) is 1. The number of aromatic nitrogens is 1. The van der Waals surface area contributed by atoms with Crippen LogP contribution in [-0.2, 0) is 4.74 Å². The summed E-state index contributed by atoms with van der Waals surface area (Å²) >= 11 is 0. The van der Waals surface area contributed by atoms with Crippen LogP contribution < -0.4 is 11.2 Å². The summed E-state index contributed by atoms with van der Waals surface area (Å²) in [4.78, 5) is 25.8. The normalized spacial score (nSPS) is 9.50. The second-order valence-corrected chi connectivity index (χ2v) is 3.34. The fourth-order valence-corrected chi connectivity index (χ4v) is 1.48. The van der Waals surface area contributed by atoms with E-state index in [1.165, 1.54) is 13.2 Å². The molecule has 0 fully saturated rings. The van der Waals surface area contributed by atoms with Crippen LogP contribution in [0.25, 0.3) is 10.9 Å². The number of benzene rings is 1. The van der Waals surface area contributed by atoms with Gasteiger partial charge < -0.3 is 15.5 Å². The first-order valence-corrected chi connectivity index (χ1v) is 5.62. The number of hydrogen-bond acceptors (Lipinski definition) is 4. The molecule has 0 saturated heterocycles. The molecule has 0 spiro atoms. The van der Waals surface area contributed by atoms with Crippen molar-refractivity contribution in [3.63, 3.8) is 0 Å². The maximum absolute atomic E-state index is 11.7. The molecule has 96 valence electrons. The van der Waals surface area contributed by atoms with E-state index in [0.29, 0.717) is 16.6 Å². The van der Waals surface area contributed by atoms with E-state index in [1.807, 2.05) is 13.8 Å². The van der Waals surface area contributed by atoms with Crippen LogP contribution in [0.4, 0.5) is 5.69 Å². The highest BCUT2D eigenvalue weighted by atomic mass is 16.5. The minimum absolute atomic E-state index is 0.129. The molecule has 0 amide bonds. The molecule has 1 aromatic carbocycles. The molecule has 1 heterocycles. The van der Waals surface area contributed by atoms with Crippen LogP contribution in [0.1, 0.15) is 24.3 Å². The third-order valence-corrected chi connectivity index (χ3v) is 2.26. The highest BCUT2D eigenvalue weighted by molar-refractivity contribution is 5.91. The Kier molecular flexibility index (Phi) is 4.48. The number of nitrogens with two attached hydrogens (primary N) is 1. The zero-order valence-electron chi connectivity index (χ0n) is 10.6. The summed E-state index contributed by atoms with van der Waals surface area (Å²) in [6, 6.07) is 6.07. The Morgan fingerprint density at radius 2 is 1.94 bits per heavy atom. The lowest BCUT2D eigenvalue weighted by molar-refractivity contribution is 0.0594. The number of esters is 1. The molecule has 0 aliphatic carbocycles. The minimum Gasteiger partial charge on any atom is -0.464 e. The summed E-state index contributed by atoms with van der Waals surface area (Å²) in [5.41, 5.74) is 6.50. The van der Waals surface area contributed by atoms with Crippen molar-refractivity contribution in [2.24, 2.45) is 0 Å². The lowest BCUT2D eigenvalue weighted by Crippen LogP contribution is -2.11. The van der Waals surface area contributed by atoms with Gasteiger partial charge in [0.05, 0.1) is 12.6 Å². The summed E-state index contributed by atoms with van der Waals surface area (Å²) < 4.78 is 4.53. The van der Waals surface area contributed by atoms with E-state index in [0.717, 1.165) is 0 Å². The molecule has 5 nitrogen and oxygen atoms in total. The number of aromatic amines is 1. The molecule has 2 aromatic rings. The third-order valence-electron chi connectivity index (χ3n) is 2.26. The summed E-state index contributed by atoms with van der Waals surface area (Å²) in [5, 5.41) is 0.452. The maximum Gasteiger partial charge on any atom is 0.354 e. The number of methoxy groups -OCH3 is 1. The van der Waals surface area contributed by atoms with Crippen LogP contribution in [0.5, 0.6) is 0 Å². The highest BCUT2D eigenvalue weighted by Gasteiger charge is 2.09. The molecule has 0 radical (unpaired) electrons. The molecule has 0 saturated carbocycles. The van der Waals surface area contributed by atoms with Crippen molar-refractivity contribution in [2.45, 2.75) is 13.8 Å². The van der Waals surface area contributed by atoms with Gasteiger partial charge in [-0.3, -0.25) is 4.79 Å². The molecular weight excluding hydrogens is 232 g/mol. The topological polar surface area (TPSA) is 85.2 Å². The predicted molar refractivity (Wildman–Crippen MR) is 71.7 cm³/mol. The van der Waals surface area contributed by atoms with Crippen LogP contribution in [0.3, 0.4) is 0 Å². The van der Waals surface area contributed by atoms with Crippen LogP contribution in [0.15, 0.2) is 29.1 Å². The quantitative estimate of drug-likeness (QED) is 0.596. The maximum atomic E-state index is 11.7. The molecular formula is C13H16N2O3. The van der Waals surface area contributed by atoms with Gasteiger partial charge in [0.1, 0.15) is 5.69 Å². The molecule has 18 heavy (non-hydrogen) atoms. The SMILES string of the molecule is CC.COC(=O)c1cc(=O)c2cc(N)ccc2[nH]1. The average Bonchev–Trinajstić information content (AvgIpc) is 2.40. The van der Waals surface area contributed by atoms with Crippen molar-refractivity contribution in [3.05, 3.63) is 40.2 Å². The van der Waals surface area contributed by atoms with Crippen molar-refractivity contribution < 1.29 is 9.53 Å². The molecule has 2 rings (SSSR count). The Labute approximate surface area is 105 Å².